The van der Waals surface area contributed by atoms with Crippen LogP contribution in [0.2, 0.25) is 0 Å². The average molecular weight is 209 g/mol. The number of nitrogens with zero attached hydrogens (tertiary/aromatic N) is 2. The van der Waals surface area contributed by atoms with Crippen LogP contribution in [0.15, 0.2) is 10.3 Å². The highest BCUT2D eigenvalue weighted by Gasteiger charge is 2.46. The molecule has 1 atom stereocenters. The fourth-order valence-electron chi connectivity index (χ4n) is 0.878. The Bertz CT molecular complexity index is 297. The first-order valence-electron chi connectivity index (χ1n) is 3.48. The number of halogens is 3. The van der Waals surface area contributed by atoms with Crippen molar-refractivity contribution in [1.82, 2.24) is 5.43 Å². The predicted octanol–water partition coefficient (Wildman–Crippen LogP) is 0.283. The number of rotatable bonds is 2. The molecule has 1 aliphatic rings. The standard InChI is InChI=1S/C6H6F3N3O2/c1-14-10-2-3-4(6(7,8)9)11-12-5(3)13/h2-3H,1H3,(H,12,13)/b10-2+. The maximum absolute atomic E-state index is 12.2. The molecule has 0 saturated heterocycles. The van der Waals surface area contributed by atoms with E-state index >= 15 is 0 Å². The zero-order valence-electron chi connectivity index (χ0n) is 7.00. The number of hydrazone groups is 1. The van der Waals surface area contributed by atoms with Crippen molar-refractivity contribution in [3.63, 3.8) is 0 Å². The molecule has 5 nitrogen and oxygen atoms in total. The van der Waals surface area contributed by atoms with Crippen LogP contribution in [0.3, 0.4) is 0 Å². The van der Waals surface area contributed by atoms with Crippen molar-refractivity contribution in [1.29, 1.82) is 0 Å². The largest absolute Gasteiger partial charge is 0.432 e. The molecule has 0 saturated carbocycles. The molecule has 0 spiro atoms. The van der Waals surface area contributed by atoms with E-state index in [0.29, 0.717) is 0 Å². The van der Waals surface area contributed by atoms with Gasteiger partial charge in [-0.05, 0) is 0 Å². The van der Waals surface area contributed by atoms with Crippen LogP contribution in [0.4, 0.5) is 13.2 Å². The Morgan fingerprint density at radius 1 is 1.64 bits per heavy atom. The number of amides is 1. The van der Waals surface area contributed by atoms with Crippen molar-refractivity contribution in [3.05, 3.63) is 0 Å². The summed E-state index contributed by atoms with van der Waals surface area (Å²) in [5, 5.41) is 5.97. The highest BCUT2D eigenvalue weighted by molar-refractivity contribution is 6.20. The summed E-state index contributed by atoms with van der Waals surface area (Å²) in [6, 6.07) is 0. The van der Waals surface area contributed by atoms with Crippen LogP contribution in [0, 0.1) is 5.92 Å². The number of nitrogens with one attached hydrogen (secondary N) is 1. The lowest BCUT2D eigenvalue weighted by Crippen LogP contribution is -2.33. The van der Waals surface area contributed by atoms with Crippen LogP contribution in [0.1, 0.15) is 0 Å². The van der Waals surface area contributed by atoms with Crippen LogP contribution in [0.25, 0.3) is 0 Å². The van der Waals surface area contributed by atoms with Gasteiger partial charge < -0.3 is 4.84 Å². The first-order valence-corrected chi connectivity index (χ1v) is 3.48. The van der Waals surface area contributed by atoms with Crippen molar-refractivity contribution in [3.8, 4) is 0 Å². The SMILES string of the molecule is CO/N=C/C1C(=O)NN=C1C(F)(F)F. The zero-order chi connectivity index (χ0) is 10.8. The molecule has 1 heterocycles. The van der Waals surface area contributed by atoms with Crippen LogP contribution < -0.4 is 5.43 Å². The van der Waals surface area contributed by atoms with E-state index in [4.69, 9.17) is 0 Å². The van der Waals surface area contributed by atoms with E-state index in [2.05, 4.69) is 15.1 Å². The van der Waals surface area contributed by atoms with Gasteiger partial charge in [-0.15, -0.1) is 0 Å². The van der Waals surface area contributed by atoms with Crippen molar-refractivity contribution in [2.45, 2.75) is 6.18 Å². The summed E-state index contributed by atoms with van der Waals surface area (Å²) < 4.78 is 36.6. The summed E-state index contributed by atoms with van der Waals surface area (Å²) in [6.07, 6.45) is -3.90. The van der Waals surface area contributed by atoms with Gasteiger partial charge in [-0.1, -0.05) is 5.16 Å². The van der Waals surface area contributed by atoms with E-state index in [-0.39, 0.29) is 0 Å². The molecule has 0 fully saturated rings. The molecule has 1 unspecified atom stereocenters. The van der Waals surface area contributed by atoms with E-state index in [9.17, 15) is 18.0 Å². The third kappa shape index (κ3) is 2.01. The number of oxime groups is 1. The Morgan fingerprint density at radius 3 is 2.79 bits per heavy atom. The van der Waals surface area contributed by atoms with Crippen LogP contribution in [-0.2, 0) is 9.63 Å². The number of hydrogen-bond donors (Lipinski definition) is 1. The molecule has 78 valence electrons. The maximum Gasteiger partial charge on any atom is 0.432 e. The zero-order valence-corrected chi connectivity index (χ0v) is 7.00. The number of carbonyl (C=O) groups is 1. The average Bonchev–Trinajstić information content (AvgIpc) is 2.42. The number of hydrogen-bond acceptors (Lipinski definition) is 4. The van der Waals surface area contributed by atoms with Gasteiger partial charge in [0.15, 0.2) is 5.71 Å². The Morgan fingerprint density at radius 2 is 2.29 bits per heavy atom. The van der Waals surface area contributed by atoms with Crippen molar-refractivity contribution in [2.75, 3.05) is 7.11 Å². The van der Waals surface area contributed by atoms with Gasteiger partial charge in [0.1, 0.15) is 13.0 Å². The lowest BCUT2D eigenvalue weighted by atomic mass is 10.1. The van der Waals surface area contributed by atoms with Gasteiger partial charge in [0, 0.05) is 0 Å². The van der Waals surface area contributed by atoms with E-state index in [1.165, 1.54) is 0 Å². The van der Waals surface area contributed by atoms with E-state index in [1.807, 2.05) is 0 Å². The molecule has 0 bridgehead atoms. The second-order valence-corrected chi connectivity index (χ2v) is 2.39. The molecule has 1 N–H and O–H groups in total. The summed E-state index contributed by atoms with van der Waals surface area (Å²) in [5.41, 5.74) is 0.498. The second kappa shape index (κ2) is 3.64. The summed E-state index contributed by atoms with van der Waals surface area (Å²) in [6.45, 7) is 0. The summed E-state index contributed by atoms with van der Waals surface area (Å²) >= 11 is 0. The highest BCUT2D eigenvalue weighted by Crippen LogP contribution is 2.24. The van der Waals surface area contributed by atoms with Gasteiger partial charge >= 0.3 is 6.18 Å². The molecule has 1 aliphatic heterocycles. The Hall–Kier alpha value is -1.60. The quantitative estimate of drug-likeness (QED) is 0.524. The lowest BCUT2D eigenvalue weighted by Gasteiger charge is -2.07. The van der Waals surface area contributed by atoms with Crippen molar-refractivity contribution < 1.29 is 22.8 Å². The lowest BCUT2D eigenvalue weighted by molar-refractivity contribution is -0.121. The third-order valence-corrected chi connectivity index (χ3v) is 1.47. The molecular formula is C6H6F3N3O2. The van der Waals surface area contributed by atoms with Crippen LogP contribution in [0.5, 0.6) is 0 Å². The van der Waals surface area contributed by atoms with Gasteiger partial charge in [-0.25, -0.2) is 5.43 Å². The normalized spacial score (nSPS) is 22.4. The summed E-state index contributed by atoms with van der Waals surface area (Å²) in [7, 11) is 1.16. The van der Waals surface area contributed by atoms with E-state index in [1.54, 1.807) is 5.43 Å². The topological polar surface area (TPSA) is 63.0 Å². The third-order valence-electron chi connectivity index (χ3n) is 1.47. The molecule has 0 radical (unpaired) electrons. The minimum atomic E-state index is -4.65. The van der Waals surface area contributed by atoms with Crippen LogP contribution in [-0.4, -0.2) is 31.1 Å². The Kier molecular flexibility index (Phi) is 2.73. The fourth-order valence-corrected chi connectivity index (χ4v) is 0.878. The second-order valence-electron chi connectivity index (χ2n) is 2.39. The van der Waals surface area contributed by atoms with Gasteiger partial charge in [-0.3, -0.25) is 4.79 Å². The van der Waals surface area contributed by atoms with Crippen molar-refractivity contribution in [2.24, 2.45) is 16.2 Å². The molecule has 0 aromatic rings. The first-order chi connectivity index (χ1) is 6.46. The van der Waals surface area contributed by atoms with Crippen molar-refractivity contribution >= 4 is 17.8 Å². The van der Waals surface area contributed by atoms with E-state index < -0.39 is 23.7 Å². The van der Waals surface area contributed by atoms with E-state index in [0.717, 1.165) is 13.3 Å². The fraction of sp³-hybridized carbons (Fsp3) is 0.500. The Labute approximate surface area is 76.6 Å². The molecule has 1 rings (SSSR count). The summed E-state index contributed by atoms with van der Waals surface area (Å²) in [4.78, 5) is 15.0. The Balaban J connectivity index is 2.86. The monoisotopic (exact) mass is 209 g/mol. The van der Waals surface area contributed by atoms with Crippen LogP contribution >= 0.6 is 0 Å². The predicted molar refractivity (Wildman–Crippen MR) is 40.6 cm³/mol. The molecule has 1 amide bonds. The van der Waals surface area contributed by atoms with Gasteiger partial charge in [0.2, 0.25) is 0 Å². The number of alkyl halides is 3. The maximum atomic E-state index is 12.2. The first kappa shape index (κ1) is 10.5. The van der Waals surface area contributed by atoms with Gasteiger partial charge in [0.25, 0.3) is 5.91 Å². The molecule has 0 aromatic carbocycles. The number of carbonyl (C=O) groups excluding carboxylic acids is 1. The summed E-state index contributed by atoms with van der Waals surface area (Å²) in [5.74, 6) is -2.41. The molecule has 8 heteroatoms. The van der Waals surface area contributed by atoms with Gasteiger partial charge in [-0.2, -0.15) is 18.3 Å². The minimum absolute atomic E-state index is 0.745. The molecule has 0 aromatic heterocycles. The molecule has 0 aliphatic carbocycles. The molecule has 14 heavy (non-hydrogen) atoms. The minimum Gasteiger partial charge on any atom is -0.399 e. The highest BCUT2D eigenvalue weighted by atomic mass is 19.4. The van der Waals surface area contributed by atoms with Gasteiger partial charge in [0.05, 0.1) is 6.21 Å². The smallest absolute Gasteiger partial charge is 0.399 e. The molecular weight excluding hydrogens is 203 g/mol.